The summed E-state index contributed by atoms with van der Waals surface area (Å²) < 4.78 is 14.8. The van der Waals surface area contributed by atoms with E-state index in [4.69, 9.17) is 0 Å². The van der Waals surface area contributed by atoms with Crippen LogP contribution < -0.4 is 10.6 Å². The van der Waals surface area contributed by atoms with E-state index in [0.717, 1.165) is 24.8 Å². The number of imide groups is 1. The SMILES string of the molecule is C[C@@H]1CCCC[C@@H]1NC(=O)NC(=O)CSc1nnc(-c2ccc(F)cc2)n1C. The molecule has 3 amide bonds. The number of halogens is 1. The smallest absolute Gasteiger partial charge is 0.321 e. The summed E-state index contributed by atoms with van der Waals surface area (Å²) in [6.45, 7) is 2.12. The van der Waals surface area contributed by atoms with E-state index in [1.807, 2.05) is 0 Å². The van der Waals surface area contributed by atoms with E-state index in [1.54, 1.807) is 23.7 Å². The Bertz CT molecular complexity index is 839. The minimum atomic E-state index is -0.450. The highest BCUT2D eigenvalue weighted by molar-refractivity contribution is 7.99. The number of urea groups is 1. The fraction of sp³-hybridized carbons (Fsp3) is 0.474. The number of nitrogens with zero attached hydrogens (tertiary/aromatic N) is 3. The van der Waals surface area contributed by atoms with E-state index in [2.05, 4.69) is 27.8 Å². The van der Waals surface area contributed by atoms with Crippen molar-refractivity contribution < 1.29 is 14.0 Å². The molecule has 0 saturated heterocycles. The van der Waals surface area contributed by atoms with Gasteiger partial charge in [0.2, 0.25) is 5.91 Å². The Labute approximate surface area is 167 Å². The third kappa shape index (κ3) is 5.09. The van der Waals surface area contributed by atoms with Crippen LogP contribution in [0.2, 0.25) is 0 Å². The number of carbonyl (C=O) groups is 2. The summed E-state index contributed by atoms with van der Waals surface area (Å²) in [6, 6.07) is 5.63. The topological polar surface area (TPSA) is 88.9 Å². The second-order valence-corrected chi connectivity index (χ2v) is 7.99. The molecular formula is C19H24FN5O2S. The zero-order valence-electron chi connectivity index (χ0n) is 15.9. The van der Waals surface area contributed by atoms with Crippen LogP contribution in [0.25, 0.3) is 11.4 Å². The number of benzene rings is 1. The minimum absolute atomic E-state index is 0.0447. The molecular weight excluding hydrogens is 381 g/mol. The van der Waals surface area contributed by atoms with Gasteiger partial charge in [-0.3, -0.25) is 10.1 Å². The second-order valence-electron chi connectivity index (χ2n) is 7.05. The Morgan fingerprint density at radius 2 is 1.93 bits per heavy atom. The highest BCUT2D eigenvalue weighted by Crippen LogP contribution is 2.24. The highest BCUT2D eigenvalue weighted by Gasteiger charge is 2.23. The fourth-order valence-corrected chi connectivity index (χ4v) is 4.03. The van der Waals surface area contributed by atoms with Gasteiger partial charge in [0.1, 0.15) is 5.82 Å². The molecule has 1 aliphatic carbocycles. The Morgan fingerprint density at radius 3 is 2.64 bits per heavy atom. The molecule has 1 aromatic heterocycles. The van der Waals surface area contributed by atoms with Crippen molar-refractivity contribution in [3.8, 4) is 11.4 Å². The molecule has 9 heteroatoms. The van der Waals surface area contributed by atoms with Crippen molar-refractivity contribution in [2.24, 2.45) is 13.0 Å². The summed E-state index contributed by atoms with van der Waals surface area (Å²) in [5.74, 6) is 0.332. The van der Waals surface area contributed by atoms with Crippen LogP contribution in [0.3, 0.4) is 0 Å². The van der Waals surface area contributed by atoms with Crippen molar-refractivity contribution in [2.45, 2.75) is 43.8 Å². The summed E-state index contributed by atoms with van der Waals surface area (Å²) in [5, 5.41) is 14.0. The predicted molar refractivity (Wildman–Crippen MR) is 105 cm³/mol. The van der Waals surface area contributed by atoms with Gasteiger partial charge in [0.15, 0.2) is 11.0 Å². The lowest BCUT2D eigenvalue weighted by Crippen LogP contribution is -2.48. The molecule has 0 bridgehead atoms. The van der Waals surface area contributed by atoms with Crippen LogP contribution in [0.15, 0.2) is 29.4 Å². The van der Waals surface area contributed by atoms with Crippen molar-refractivity contribution in [3.63, 3.8) is 0 Å². The average Bonchev–Trinajstić information content (AvgIpc) is 3.03. The molecule has 3 rings (SSSR count). The molecule has 1 saturated carbocycles. The molecule has 0 radical (unpaired) electrons. The lowest BCUT2D eigenvalue weighted by Gasteiger charge is -2.29. The first-order valence-corrected chi connectivity index (χ1v) is 10.3. The van der Waals surface area contributed by atoms with Gasteiger partial charge in [0, 0.05) is 18.7 Å². The number of thioether (sulfide) groups is 1. The molecule has 1 heterocycles. The summed E-state index contributed by atoms with van der Waals surface area (Å²) in [5.41, 5.74) is 0.730. The van der Waals surface area contributed by atoms with Crippen LogP contribution in [-0.4, -0.2) is 38.5 Å². The molecule has 0 spiro atoms. The summed E-state index contributed by atoms with van der Waals surface area (Å²) in [7, 11) is 1.77. The first-order valence-electron chi connectivity index (χ1n) is 9.32. The zero-order chi connectivity index (χ0) is 20.1. The van der Waals surface area contributed by atoms with Crippen molar-refractivity contribution in [1.82, 2.24) is 25.4 Å². The summed E-state index contributed by atoms with van der Waals surface area (Å²) >= 11 is 1.19. The van der Waals surface area contributed by atoms with Crippen LogP contribution in [0, 0.1) is 11.7 Å². The van der Waals surface area contributed by atoms with Gasteiger partial charge in [-0.2, -0.15) is 0 Å². The van der Waals surface area contributed by atoms with E-state index in [0.29, 0.717) is 16.9 Å². The quantitative estimate of drug-likeness (QED) is 0.746. The highest BCUT2D eigenvalue weighted by atomic mass is 32.2. The standard InChI is InChI=1S/C19H24FN5O2S/c1-12-5-3-4-6-15(12)21-18(27)22-16(26)11-28-19-24-23-17(25(19)2)13-7-9-14(20)10-8-13/h7-10,12,15H,3-6,11H2,1-2H3,(H2,21,22,26,27)/t12-,15+/m1/s1. The van der Waals surface area contributed by atoms with Crippen LogP contribution in [0.5, 0.6) is 0 Å². The molecule has 1 aliphatic rings. The van der Waals surface area contributed by atoms with Crippen molar-refractivity contribution in [3.05, 3.63) is 30.1 Å². The molecule has 150 valence electrons. The zero-order valence-corrected chi connectivity index (χ0v) is 16.8. The normalized spacial score (nSPS) is 19.2. The van der Waals surface area contributed by atoms with E-state index in [9.17, 15) is 14.0 Å². The van der Waals surface area contributed by atoms with E-state index in [1.165, 1.54) is 30.3 Å². The summed E-state index contributed by atoms with van der Waals surface area (Å²) in [4.78, 5) is 24.1. The Hall–Kier alpha value is -2.42. The average molecular weight is 405 g/mol. The lowest BCUT2D eigenvalue weighted by molar-refractivity contribution is -0.117. The van der Waals surface area contributed by atoms with Gasteiger partial charge in [-0.05, 0) is 43.0 Å². The molecule has 0 aliphatic heterocycles. The maximum Gasteiger partial charge on any atom is 0.321 e. The molecule has 1 aromatic carbocycles. The third-order valence-corrected chi connectivity index (χ3v) is 5.97. The monoisotopic (exact) mass is 405 g/mol. The second kappa shape index (κ2) is 9.18. The van der Waals surface area contributed by atoms with Crippen molar-refractivity contribution in [1.29, 1.82) is 0 Å². The number of aromatic nitrogens is 3. The van der Waals surface area contributed by atoms with Gasteiger partial charge >= 0.3 is 6.03 Å². The van der Waals surface area contributed by atoms with E-state index < -0.39 is 11.9 Å². The van der Waals surface area contributed by atoms with E-state index in [-0.39, 0.29) is 17.6 Å². The molecule has 2 atom stereocenters. The maximum absolute atomic E-state index is 13.1. The Kier molecular flexibility index (Phi) is 6.66. The molecule has 2 N–H and O–H groups in total. The van der Waals surface area contributed by atoms with Crippen molar-refractivity contribution >= 4 is 23.7 Å². The Balaban J connectivity index is 1.50. The van der Waals surface area contributed by atoms with Crippen LogP contribution in [0.4, 0.5) is 9.18 Å². The number of amides is 3. The number of carbonyl (C=O) groups excluding carboxylic acids is 2. The lowest BCUT2D eigenvalue weighted by atomic mass is 9.86. The van der Waals surface area contributed by atoms with Gasteiger partial charge in [-0.25, -0.2) is 9.18 Å². The van der Waals surface area contributed by atoms with Gasteiger partial charge in [0.25, 0.3) is 0 Å². The van der Waals surface area contributed by atoms with Crippen molar-refractivity contribution in [2.75, 3.05) is 5.75 Å². The Morgan fingerprint density at radius 1 is 1.21 bits per heavy atom. The molecule has 2 aromatic rings. The maximum atomic E-state index is 13.1. The minimum Gasteiger partial charge on any atom is -0.335 e. The molecule has 1 fully saturated rings. The molecule has 0 unspecified atom stereocenters. The third-order valence-electron chi connectivity index (χ3n) is 4.95. The van der Waals surface area contributed by atoms with Gasteiger partial charge in [-0.15, -0.1) is 10.2 Å². The molecule has 7 nitrogen and oxygen atoms in total. The summed E-state index contributed by atoms with van der Waals surface area (Å²) in [6.07, 6.45) is 4.33. The number of nitrogens with one attached hydrogen (secondary N) is 2. The number of hydrogen-bond donors (Lipinski definition) is 2. The van der Waals surface area contributed by atoms with Gasteiger partial charge < -0.3 is 9.88 Å². The van der Waals surface area contributed by atoms with Crippen LogP contribution in [0.1, 0.15) is 32.6 Å². The van der Waals surface area contributed by atoms with E-state index >= 15 is 0 Å². The van der Waals surface area contributed by atoms with Crippen LogP contribution >= 0.6 is 11.8 Å². The largest absolute Gasteiger partial charge is 0.335 e. The first kappa shape index (κ1) is 20.3. The number of rotatable bonds is 5. The van der Waals surface area contributed by atoms with Crippen LogP contribution in [-0.2, 0) is 11.8 Å². The van der Waals surface area contributed by atoms with Gasteiger partial charge in [-0.1, -0.05) is 31.5 Å². The first-order chi connectivity index (χ1) is 13.4. The number of hydrogen-bond acceptors (Lipinski definition) is 5. The molecule has 28 heavy (non-hydrogen) atoms. The van der Waals surface area contributed by atoms with Gasteiger partial charge in [0.05, 0.1) is 5.75 Å². The predicted octanol–water partition coefficient (Wildman–Crippen LogP) is 3.12. The fourth-order valence-electron chi connectivity index (χ4n) is 3.32.